The number of rotatable bonds is 5. The molecule has 1 amide bonds. The summed E-state index contributed by atoms with van der Waals surface area (Å²) in [4.78, 5) is 29.4. The Morgan fingerprint density at radius 1 is 1.18 bits per heavy atom. The number of thioether (sulfide) groups is 1. The molecule has 0 aliphatic carbocycles. The number of carbonyl (C=O) groups excluding carboxylic acids is 1. The van der Waals surface area contributed by atoms with Gasteiger partial charge < -0.3 is 19.6 Å². The van der Waals surface area contributed by atoms with Crippen LogP contribution in [0.4, 0.5) is 10.5 Å². The lowest BCUT2D eigenvalue weighted by atomic mass is 10.0. The topological polar surface area (TPSA) is 70.1 Å². The van der Waals surface area contributed by atoms with Gasteiger partial charge in [0.1, 0.15) is 0 Å². The maximum absolute atomic E-state index is 13.4. The molecule has 0 radical (unpaired) electrons. The molecule has 6 nitrogen and oxygen atoms in total. The van der Waals surface area contributed by atoms with E-state index in [0.717, 1.165) is 21.7 Å². The second-order valence-corrected chi connectivity index (χ2v) is 8.20. The lowest BCUT2D eigenvalue weighted by Crippen LogP contribution is -2.45. The molecular weight excluding hydrogens is 376 g/mol. The van der Waals surface area contributed by atoms with Crippen LogP contribution in [-0.4, -0.2) is 55.4 Å². The average Bonchev–Trinajstić information content (AvgIpc) is 2.76. The molecule has 1 aliphatic heterocycles. The molecule has 7 heteroatoms. The summed E-state index contributed by atoms with van der Waals surface area (Å²) in [6, 6.07) is 15.4. The third-order valence-corrected chi connectivity index (χ3v) is 5.97. The second-order valence-electron chi connectivity index (χ2n) is 7.01. The van der Waals surface area contributed by atoms with Crippen molar-refractivity contribution in [2.45, 2.75) is 23.2 Å². The van der Waals surface area contributed by atoms with Crippen LogP contribution in [-0.2, 0) is 9.53 Å². The Bertz CT molecular complexity index is 854. The highest BCUT2D eigenvalue weighted by Gasteiger charge is 2.41. The van der Waals surface area contributed by atoms with Crippen molar-refractivity contribution in [2.75, 3.05) is 32.1 Å². The van der Waals surface area contributed by atoms with Gasteiger partial charge in [-0.3, -0.25) is 4.79 Å². The molecule has 0 fully saturated rings. The molecule has 0 saturated carbocycles. The minimum Gasteiger partial charge on any atom is -0.450 e. The van der Waals surface area contributed by atoms with Crippen molar-refractivity contribution >= 4 is 29.5 Å². The number of amides is 1. The number of hydrogen-bond donors (Lipinski definition) is 1. The highest BCUT2D eigenvalue weighted by molar-refractivity contribution is 7.99. The maximum atomic E-state index is 13.4. The van der Waals surface area contributed by atoms with E-state index in [1.54, 1.807) is 4.90 Å². The Hall–Kier alpha value is -2.51. The molecule has 2 aromatic rings. The number of ether oxygens (including phenoxy) is 1. The molecule has 28 heavy (non-hydrogen) atoms. The normalized spacial score (nSPS) is 19.3. The van der Waals surface area contributed by atoms with Crippen LogP contribution in [0.15, 0.2) is 53.4 Å². The van der Waals surface area contributed by atoms with E-state index in [9.17, 15) is 14.7 Å². The van der Waals surface area contributed by atoms with Crippen LogP contribution in [0.3, 0.4) is 0 Å². The van der Waals surface area contributed by atoms with E-state index < -0.39 is 17.5 Å². The quantitative estimate of drug-likeness (QED) is 0.770. The third-order valence-electron chi connectivity index (χ3n) is 4.60. The molecule has 0 spiro atoms. The van der Waals surface area contributed by atoms with Gasteiger partial charge in [0.2, 0.25) is 0 Å². The largest absolute Gasteiger partial charge is 0.506 e. The lowest BCUT2D eigenvalue weighted by molar-refractivity contribution is -0.127. The van der Waals surface area contributed by atoms with Gasteiger partial charge in [-0.15, -0.1) is 11.8 Å². The van der Waals surface area contributed by atoms with Crippen molar-refractivity contribution in [3.8, 4) is 0 Å². The summed E-state index contributed by atoms with van der Waals surface area (Å²) in [7, 11) is 3.87. The molecule has 1 heterocycles. The summed E-state index contributed by atoms with van der Waals surface area (Å²) in [5, 5.41) is 8.83. The van der Waals surface area contributed by atoms with E-state index in [-0.39, 0.29) is 5.91 Å². The first-order chi connectivity index (χ1) is 13.4. The van der Waals surface area contributed by atoms with Crippen molar-refractivity contribution in [1.29, 1.82) is 0 Å². The Morgan fingerprint density at radius 3 is 2.50 bits per heavy atom. The fourth-order valence-corrected chi connectivity index (χ4v) is 4.45. The number of anilines is 1. The summed E-state index contributed by atoms with van der Waals surface area (Å²) in [5.41, 5.74) is 2.74. The summed E-state index contributed by atoms with van der Waals surface area (Å²) in [5.74, 6) is -0.340. The minimum absolute atomic E-state index is 0.340. The zero-order valence-electron chi connectivity index (χ0n) is 16.2. The molecule has 0 saturated heterocycles. The van der Waals surface area contributed by atoms with Gasteiger partial charge in [0.15, 0.2) is 6.10 Å². The third kappa shape index (κ3) is 4.48. The smallest absolute Gasteiger partial charge is 0.450 e. The van der Waals surface area contributed by atoms with E-state index >= 15 is 0 Å². The van der Waals surface area contributed by atoms with Gasteiger partial charge in [0, 0.05) is 18.0 Å². The molecule has 1 aliphatic rings. The zero-order valence-corrected chi connectivity index (χ0v) is 17.0. The number of carbonyl (C=O) groups is 2. The second kappa shape index (κ2) is 8.67. The average molecular weight is 401 g/mol. The van der Waals surface area contributed by atoms with Gasteiger partial charge >= 0.3 is 6.16 Å². The molecular formula is C21H24N2O4S. The van der Waals surface area contributed by atoms with Gasteiger partial charge in [-0.2, -0.15) is 0 Å². The number of likely N-dealkylation sites (N-methyl/N-ethyl adjacent to an activating group) is 1. The van der Waals surface area contributed by atoms with Crippen LogP contribution in [0.1, 0.15) is 16.4 Å². The van der Waals surface area contributed by atoms with E-state index in [4.69, 9.17) is 4.74 Å². The van der Waals surface area contributed by atoms with E-state index in [1.807, 2.05) is 74.4 Å². The maximum Gasteiger partial charge on any atom is 0.506 e. The first-order valence-electron chi connectivity index (χ1n) is 9.05. The van der Waals surface area contributed by atoms with Gasteiger partial charge in [-0.1, -0.05) is 42.0 Å². The fraction of sp³-hybridized carbons (Fsp3) is 0.333. The van der Waals surface area contributed by atoms with Crippen LogP contribution < -0.4 is 4.90 Å². The number of nitrogens with zero attached hydrogens (tertiary/aromatic N) is 2. The number of benzene rings is 2. The van der Waals surface area contributed by atoms with Crippen molar-refractivity contribution in [1.82, 2.24) is 4.90 Å². The number of aryl methyl sites for hydroxylation is 1. The summed E-state index contributed by atoms with van der Waals surface area (Å²) in [6.45, 7) is 3.09. The van der Waals surface area contributed by atoms with E-state index in [2.05, 4.69) is 0 Å². The van der Waals surface area contributed by atoms with Crippen LogP contribution in [0, 0.1) is 6.92 Å². The van der Waals surface area contributed by atoms with Crippen LogP contribution in [0.5, 0.6) is 0 Å². The highest BCUT2D eigenvalue weighted by atomic mass is 32.2. The molecule has 3 rings (SSSR count). The highest BCUT2D eigenvalue weighted by Crippen LogP contribution is 2.46. The van der Waals surface area contributed by atoms with Crippen molar-refractivity contribution < 1.29 is 19.4 Å². The zero-order chi connectivity index (χ0) is 20.3. The minimum atomic E-state index is -1.45. The van der Waals surface area contributed by atoms with Crippen molar-refractivity contribution in [2.24, 2.45) is 0 Å². The first kappa shape index (κ1) is 20.2. The summed E-state index contributed by atoms with van der Waals surface area (Å²) >= 11 is 1.46. The molecule has 2 atom stereocenters. The number of carboxylic acid groups (broad SMARTS) is 1. The standard InChI is InChI=1S/C21H24N2O4S/c1-14-8-10-15(11-9-14)19-18(27-21(25)26)20(24)23(13-12-22(2)3)16-6-4-5-7-17(16)28-19/h4-11,18-19H,12-13H2,1-3H3,(H,25,26). The molecule has 2 unspecified atom stereocenters. The molecule has 148 valence electrons. The fourth-order valence-electron chi connectivity index (χ4n) is 3.13. The van der Waals surface area contributed by atoms with Gasteiger partial charge in [0.25, 0.3) is 5.91 Å². The predicted octanol–water partition coefficient (Wildman–Crippen LogP) is 3.80. The van der Waals surface area contributed by atoms with Gasteiger partial charge in [0.05, 0.1) is 10.9 Å². The molecule has 0 aromatic heterocycles. The Balaban J connectivity index is 2.07. The Labute approximate surface area is 169 Å². The Kier molecular flexibility index (Phi) is 6.26. The summed E-state index contributed by atoms with van der Waals surface area (Å²) < 4.78 is 5.14. The summed E-state index contributed by atoms with van der Waals surface area (Å²) in [6.07, 6.45) is -2.57. The first-order valence-corrected chi connectivity index (χ1v) is 9.92. The van der Waals surface area contributed by atoms with E-state index in [0.29, 0.717) is 13.1 Å². The van der Waals surface area contributed by atoms with Crippen molar-refractivity contribution in [3.63, 3.8) is 0 Å². The molecule has 0 bridgehead atoms. The van der Waals surface area contributed by atoms with Crippen molar-refractivity contribution in [3.05, 3.63) is 59.7 Å². The predicted molar refractivity (Wildman–Crippen MR) is 110 cm³/mol. The van der Waals surface area contributed by atoms with Crippen LogP contribution >= 0.6 is 11.8 Å². The van der Waals surface area contributed by atoms with Gasteiger partial charge in [-0.05, 0) is 38.7 Å². The number of hydrogen-bond acceptors (Lipinski definition) is 5. The number of para-hydroxylation sites is 1. The van der Waals surface area contributed by atoms with Crippen LogP contribution in [0.2, 0.25) is 0 Å². The SMILES string of the molecule is Cc1ccc(C2Sc3ccccc3N(CCN(C)C)C(=O)C2OC(=O)O)cc1. The van der Waals surface area contributed by atoms with Gasteiger partial charge in [-0.25, -0.2) is 4.79 Å². The monoisotopic (exact) mass is 400 g/mol. The molecule has 1 N–H and O–H groups in total. The van der Waals surface area contributed by atoms with E-state index in [1.165, 1.54) is 11.8 Å². The lowest BCUT2D eigenvalue weighted by Gasteiger charge is -2.28. The Morgan fingerprint density at radius 2 is 1.86 bits per heavy atom. The molecule has 2 aromatic carbocycles. The van der Waals surface area contributed by atoms with Crippen LogP contribution in [0.25, 0.3) is 0 Å². The number of fused-ring (bicyclic) bond motifs is 1.